The molecule has 0 aliphatic rings. The van der Waals surface area contributed by atoms with Crippen LogP contribution in [-0.4, -0.2) is 27.6 Å². The lowest BCUT2D eigenvalue weighted by atomic mass is 9.97. The number of hydrogen-bond donors (Lipinski definition) is 2. The molecule has 8 heteroatoms. The first-order valence-corrected chi connectivity index (χ1v) is 11.2. The van der Waals surface area contributed by atoms with E-state index in [9.17, 15) is 10.1 Å². The van der Waals surface area contributed by atoms with Gasteiger partial charge in [0, 0.05) is 28.9 Å². The van der Waals surface area contributed by atoms with Crippen molar-refractivity contribution in [2.24, 2.45) is 0 Å². The Bertz CT molecular complexity index is 1600. The van der Waals surface area contributed by atoms with E-state index in [1.165, 1.54) is 0 Å². The lowest BCUT2D eigenvalue weighted by Gasteiger charge is -2.10. The fraction of sp³-hybridized carbons (Fsp3) is 0.0370. The molecule has 170 valence electrons. The number of amides is 1. The molecule has 0 aliphatic heterocycles. The molecule has 0 unspecified atom stereocenters. The molecule has 0 spiro atoms. The maximum Gasteiger partial charge on any atom is 0.251 e. The van der Waals surface area contributed by atoms with Crippen LogP contribution in [0.1, 0.15) is 15.9 Å². The Balaban J connectivity index is 1.52. The Morgan fingerprint density at radius 2 is 1.74 bits per heavy atom. The maximum atomic E-state index is 11.8. The van der Waals surface area contributed by atoms with Gasteiger partial charge in [-0.15, -0.1) is 5.10 Å². The zero-order chi connectivity index (χ0) is 24.4. The van der Waals surface area contributed by atoms with Crippen LogP contribution in [0.15, 0.2) is 84.9 Å². The van der Waals surface area contributed by atoms with Crippen LogP contribution < -0.4 is 10.6 Å². The van der Waals surface area contributed by atoms with E-state index in [1.54, 1.807) is 41.9 Å². The molecule has 2 aromatic heterocycles. The number of anilines is 2. The summed E-state index contributed by atoms with van der Waals surface area (Å²) >= 11 is 6.49. The molecule has 35 heavy (non-hydrogen) atoms. The number of aromatic nitrogens is 3. The predicted octanol–water partition coefficient (Wildman–Crippen LogP) is 5.69. The quantitative estimate of drug-likeness (QED) is 0.338. The number of carbonyl (C=O) groups is 1. The number of benzene rings is 3. The maximum absolute atomic E-state index is 11.8. The van der Waals surface area contributed by atoms with Crippen molar-refractivity contribution in [1.82, 2.24) is 19.9 Å². The summed E-state index contributed by atoms with van der Waals surface area (Å²) in [6.07, 6.45) is 0. The fourth-order valence-electron chi connectivity index (χ4n) is 3.88. The second-order valence-electron chi connectivity index (χ2n) is 7.78. The van der Waals surface area contributed by atoms with Gasteiger partial charge in [-0.3, -0.25) is 4.79 Å². The van der Waals surface area contributed by atoms with Gasteiger partial charge in [0.05, 0.1) is 17.3 Å². The topological polar surface area (TPSA) is 95.1 Å². The van der Waals surface area contributed by atoms with Crippen molar-refractivity contribution in [3.63, 3.8) is 0 Å². The smallest absolute Gasteiger partial charge is 0.251 e. The van der Waals surface area contributed by atoms with Gasteiger partial charge in [-0.1, -0.05) is 35.9 Å². The van der Waals surface area contributed by atoms with E-state index in [-0.39, 0.29) is 5.91 Å². The number of rotatable bonds is 5. The highest BCUT2D eigenvalue weighted by Gasteiger charge is 2.13. The molecule has 0 saturated heterocycles. The number of fused-ring (bicyclic) bond motifs is 1. The van der Waals surface area contributed by atoms with Crippen LogP contribution in [0.25, 0.3) is 28.0 Å². The lowest BCUT2D eigenvalue weighted by Crippen LogP contribution is -2.17. The molecule has 0 fully saturated rings. The highest BCUT2D eigenvalue weighted by Crippen LogP contribution is 2.32. The number of halogens is 1. The van der Waals surface area contributed by atoms with Crippen molar-refractivity contribution in [3.8, 4) is 28.5 Å². The SMILES string of the molecule is CNC(=O)c1ccc(Nc2nc3cccc(-c4cc(Cl)cc(-c5ccccc5C#N)c4)n3n2)cc1. The van der Waals surface area contributed by atoms with E-state index in [4.69, 9.17) is 11.6 Å². The second kappa shape index (κ2) is 9.29. The van der Waals surface area contributed by atoms with E-state index in [0.717, 1.165) is 28.1 Å². The first-order chi connectivity index (χ1) is 17.1. The van der Waals surface area contributed by atoms with Crippen molar-refractivity contribution in [2.75, 3.05) is 12.4 Å². The molecular formula is C27H19ClN6O. The average Bonchev–Trinajstić information content (AvgIpc) is 3.30. The van der Waals surface area contributed by atoms with Gasteiger partial charge in [0.1, 0.15) is 0 Å². The Hall–Kier alpha value is -4.67. The van der Waals surface area contributed by atoms with Crippen LogP contribution in [0.5, 0.6) is 0 Å². The first-order valence-electron chi connectivity index (χ1n) is 10.8. The van der Waals surface area contributed by atoms with E-state index in [0.29, 0.717) is 27.7 Å². The molecule has 5 aromatic rings. The monoisotopic (exact) mass is 478 g/mol. The van der Waals surface area contributed by atoms with Gasteiger partial charge >= 0.3 is 0 Å². The van der Waals surface area contributed by atoms with Gasteiger partial charge < -0.3 is 10.6 Å². The van der Waals surface area contributed by atoms with Gasteiger partial charge in [0.2, 0.25) is 5.95 Å². The Kier molecular flexibility index (Phi) is 5.88. The van der Waals surface area contributed by atoms with Gasteiger partial charge in [-0.2, -0.15) is 10.2 Å². The van der Waals surface area contributed by atoms with Crippen LogP contribution in [-0.2, 0) is 0 Å². The highest BCUT2D eigenvalue weighted by molar-refractivity contribution is 6.31. The molecule has 0 aliphatic carbocycles. The molecule has 7 nitrogen and oxygen atoms in total. The molecule has 0 bridgehead atoms. The second-order valence-corrected chi connectivity index (χ2v) is 8.22. The summed E-state index contributed by atoms with van der Waals surface area (Å²) < 4.78 is 1.74. The summed E-state index contributed by atoms with van der Waals surface area (Å²) in [5.41, 5.74) is 5.86. The minimum atomic E-state index is -0.148. The van der Waals surface area contributed by atoms with Gasteiger partial charge in [-0.25, -0.2) is 4.52 Å². The number of nitrogens with zero attached hydrogens (tertiary/aromatic N) is 4. The third kappa shape index (κ3) is 4.43. The number of nitrogens with one attached hydrogen (secondary N) is 2. The summed E-state index contributed by atoms with van der Waals surface area (Å²) in [7, 11) is 1.60. The van der Waals surface area contributed by atoms with E-state index < -0.39 is 0 Å². The summed E-state index contributed by atoms with van der Waals surface area (Å²) in [6, 6.07) is 28.1. The van der Waals surface area contributed by atoms with E-state index >= 15 is 0 Å². The van der Waals surface area contributed by atoms with Crippen molar-refractivity contribution < 1.29 is 4.79 Å². The van der Waals surface area contributed by atoms with Gasteiger partial charge in [0.25, 0.3) is 5.91 Å². The minimum Gasteiger partial charge on any atom is -0.355 e. The third-order valence-electron chi connectivity index (χ3n) is 5.54. The van der Waals surface area contributed by atoms with E-state index in [1.807, 2.05) is 54.6 Å². The minimum absolute atomic E-state index is 0.148. The van der Waals surface area contributed by atoms with Crippen molar-refractivity contribution in [1.29, 1.82) is 5.26 Å². The van der Waals surface area contributed by atoms with Crippen LogP contribution in [0.4, 0.5) is 11.6 Å². The number of carbonyl (C=O) groups excluding carboxylic acids is 1. The lowest BCUT2D eigenvalue weighted by molar-refractivity contribution is 0.0963. The van der Waals surface area contributed by atoms with Crippen LogP contribution in [0.3, 0.4) is 0 Å². The Labute approximate surface area is 206 Å². The summed E-state index contributed by atoms with van der Waals surface area (Å²) in [5, 5.41) is 20.5. The molecule has 3 aromatic carbocycles. The van der Waals surface area contributed by atoms with Crippen LogP contribution in [0, 0.1) is 11.3 Å². The molecule has 5 rings (SSSR count). The molecule has 0 radical (unpaired) electrons. The third-order valence-corrected chi connectivity index (χ3v) is 5.76. The molecule has 0 saturated carbocycles. The summed E-state index contributed by atoms with van der Waals surface area (Å²) in [4.78, 5) is 16.3. The predicted molar refractivity (Wildman–Crippen MR) is 137 cm³/mol. The number of nitriles is 1. The average molecular weight is 479 g/mol. The van der Waals surface area contributed by atoms with Crippen molar-refractivity contribution >= 4 is 34.8 Å². The number of hydrogen-bond acceptors (Lipinski definition) is 5. The molecule has 2 heterocycles. The summed E-state index contributed by atoms with van der Waals surface area (Å²) in [5.74, 6) is 0.271. The van der Waals surface area contributed by atoms with Crippen molar-refractivity contribution in [2.45, 2.75) is 0 Å². The zero-order valence-corrected chi connectivity index (χ0v) is 19.4. The Morgan fingerprint density at radius 3 is 2.51 bits per heavy atom. The standard InChI is InChI=1S/C27H19ClN6O/c1-30-26(35)17-9-11-22(12-10-17)31-27-32-25-8-4-7-24(34(25)33-27)20-13-19(14-21(28)15-20)23-6-3-2-5-18(23)16-29/h2-15H,1H3,(H,30,35)(H,31,33). The van der Waals surface area contributed by atoms with Gasteiger partial charge in [-0.05, 0) is 71.8 Å². The Morgan fingerprint density at radius 1 is 0.971 bits per heavy atom. The molecule has 0 atom stereocenters. The largest absolute Gasteiger partial charge is 0.355 e. The highest BCUT2D eigenvalue weighted by atomic mass is 35.5. The molecular weight excluding hydrogens is 460 g/mol. The normalized spacial score (nSPS) is 10.7. The first kappa shape index (κ1) is 22.1. The number of pyridine rings is 1. The summed E-state index contributed by atoms with van der Waals surface area (Å²) in [6.45, 7) is 0. The molecule has 1 amide bonds. The molecule has 2 N–H and O–H groups in total. The van der Waals surface area contributed by atoms with Crippen LogP contribution in [0.2, 0.25) is 5.02 Å². The van der Waals surface area contributed by atoms with Crippen LogP contribution >= 0.6 is 11.6 Å². The fourth-order valence-corrected chi connectivity index (χ4v) is 4.12. The van der Waals surface area contributed by atoms with Gasteiger partial charge in [0.15, 0.2) is 5.65 Å². The van der Waals surface area contributed by atoms with E-state index in [2.05, 4.69) is 26.8 Å². The zero-order valence-electron chi connectivity index (χ0n) is 18.7. The van der Waals surface area contributed by atoms with Crippen molar-refractivity contribution in [3.05, 3.63) is 101 Å².